The van der Waals surface area contributed by atoms with Crippen molar-refractivity contribution in [3.63, 3.8) is 0 Å². The number of hydrogen-bond acceptors (Lipinski definition) is 4. The fraction of sp³-hybridized carbons (Fsp3) is 0.235. The van der Waals surface area contributed by atoms with Crippen molar-refractivity contribution in [2.75, 3.05) is 11.8 Å². The first kappa shape index (κ1) is 18.3. The van der Waals surface area contributed by atoms with Crippen molar-refractivity contribution in [1.29, 1.82) is 0 Å². The lowest BCUT2D eigenvalue weighted by Gasteiger charge is -2.14. The van der Waals surface area contributed by atoms with Gasteiger partial charge in [-0.3, -0.25) is 9.52 Å². The SMILES string of the molecule is CCC(=O)c1cccc(S(=O)(=O)Nc2cc(C)c(Cl)cc2OC)c1. The van der Waals surface area contributed by atoms with Crippen LogP contribution in [-0.2, 0) is 10.0 Å². The average Bonchev–Trinajstić information content (AvgIpc) is 2.57. The predicted octanol–water partition coefficient (Wildman–Crippen LogP) is 4.05. The van der Waals surface area contributed by atoms with Crippen molar-refractivity contribution >= 4 is 33.1 Å². The van der Waals surface area contributed by atoms with Crippen molar-refractivity contribution in [1.82, 2.24) is 0 Å². The zero-order valence-corrected chi connectivity index (χ0v) is 15.2. The van der Waals surface area contributed by atoms with Gasteiger partial charge in [0.25, 0.3) is 10.0 Å². The molecule has 0 saturated heterocycles. The number of aryl methyl sites for hydroxylation is 1. The van der Waals surface area contributed by atoms with Crippen LogP contribution in [0.4, 0.5) is 5.69 Å². The van der Waals surface area contributed by atoms with E-state index in [2.05, 4.69) is 4.72 Å². The van der Waals surface area contributed by atoms with Crippen LogP contribution < -0.4 is 9.46 Å². The van der Waals surface area contributed by atoms with Gasteiger partial charge in [0.2, 0.25) is 0 Å². The lowest BCUT2D eigenvalue weighted by atomic mass is 10.1. The van der Waals surface area contributed by atoms with Gasteiger partial charge in [0.15, 0.2) is 5.78 Å². The molecule has 0 amide bonds. The van der Waals surface area contributed by atoms with Gasteiger partial charge >= 0.3 is 0 Å². The second-order valence-electron chi connectivity index (χ2n) is 5.21. The molecule has 0 fully saturated rings. The molecule has 0 atom stereocenters. The number of sulfonamides is 1. The zero-order chi connectivity index (χ0) is 17.9. The number of halogens is 1. The minimum absolute atomic E-state index is 0.0106. The Bertz CT molecular complexity index is 878. The number of benzene rings is 2. The number of anilines is 1. The number of rotatable bonds is 6. The monoisotopic (exact) mass is 367 g/mol. The highest BCUT2D eigenvalue weighted by molar-refractivity contribution is 7.92. The van der Waals surface area contributed by atoms with Gasteiger partial charge in [0, 0.05) is 23.1 Å². The fourth-order valence-corrected chi connectivity index (χ4v) is 3.42. The van der Waals surface area contributed by atoms with Crippen molar-refractivity contribution < 1.29 is 17.9 Å². The summed E-state index contributed by atoms with van der Waals surface area (Å²) < 4.78 is 32.9. The Morgan fingerprint density at radius 1 is 1.25 bits per heavy atom. The van der Waals surface area contributed by atoms with Gasteiger partial charge in [-0.1, -0.05) is 30.7 Å². The van der Waals surface area contributed by atoms with E-state index in [0.717, 1.165) is 0 Å². The number of ether oxygens (including phenoxy) is 1. The van der Waals surface area contributed by atoms with Gasteiger partial charge in [-0.05, 0) is 30.7 Å². The lowest BCUT2D eigenvalue weighted by molar-refractivity contribution is 0.0988. The largest absolute Gasteiger partial charge is 0.495 e. The first-order valence-electron chi connectivity index (χ1n) is 7.28. The third-order valence-corrected chi connectivity index (χ3v) is 5.28. The number of nitrogens with one attached hydrogen (secondary N) is 1. The molecule has 0 aliphatic heterocycles. The molecule has 0 spiro atoms. The van der Waals surface area contributed by atoms with Crippen LogP contribution in [0.15, 0.2) is 41.3 Å². The third-order valence-electron chi connectivity index (χ3n) is 3.51. The smallest absolute Gasteiger partial charge is 0.262 e. The van der Waals surface area contributed by atoms with E-state index in [-0.39, 0.29) is 16.4 Å². The Hall–Kier alpha value is -2.05. The Kier molecular flexibility index (Phi) is 5.51. The van der Waals surface area contributed by atoms with Crippen LogP contribution in [-0.4, -0.2) is 21.3 Å². The van der Waals surface area contributed by atoms with Crippen molar-refractivity contribution in [2.45, 2.75) is 25.2 Å². The molecule has 2 rings (SSSR count). The second-order valence-corrected chi connectivity index (χ2v) is 7.30. The summed E-state index contributed by atoms with van der Waals surface area (Å²) in [6, 6.07) is 9.08. The van der Waals surface area contributed by atoms with Crippen LogP contribution in [0.2, 0.25) is 5.02 Å². The summed E-state index contributed by atoms with van der Waals surface area (Å²) in [5.74, 6) is 0.196. The first-order chi connectivity index (χ1) is 11.3. The molecular weight excluding hydrogens is 350 g/mol. The van der Waals surface area contributed by atoms with Crippen LogP contribution >= 0.6 is 11.6 Å². The summed E-state index contributed by atoms with van der Waals surface area (Å²) in [5, 5.41) is 0.477. The van der Waals surface area contributed by atoms with Gasteiger partial charge < -0.3 is 4.74 Å². The van der Waals surface area contributed by atoms with E-state index in [4.69, 9.17) is 16.3 Å². The summed E-state index contributed by atoms with van der Waals surface area (Å²) in [5.41, 5.74) is 1.36. The van der Waals surface area contributed by atoms with Crippen LogP contribution in [0.5, 0.6) is 5.75 Å². The highest BCUT2D eigenvalue weighted by atomic mass is 35.5. The minimum Gasteiger partial charge on any atom is -0.495 e. The summed E-state index contributed by atoms with van der Waals surface area (Å²) in [4.78, 5) is 11.8. The molecule has 0 heterocycles. The summed E-state index contributed by atoms with van der Waals surface area (Å²) in [7, 11) is -2.44. The van der Waals surface area contributed by atoms with Gasteiger partial charge in [-0.25, -0.2) is 8.42 Å². The Labute approximate surface area is 146 Å². The summed E-state index contributed by atoms with van der Waals surface area (Å²) >= 11 is 6.03. The quantitative estimate of drug-likeness (QED) is 0.782. The number of hydrogen-bond donors (Lipinski definition) is 1. The van der Waals surface area contributed by atoms with E-state index < -0.39 is 10.0 Å². The fourth-order valence-electron chi connectivity index (χ4n) is 2.16. The van der Waals surface area contributed by atoms with Crippen molar-refractivity contribution in [2.24, 2.45) is 0 Å². The molecule has 24 heavy (non-hydrogen) atoms. The summed E-state index contributed by atoms with van der Waals surface area (Å²) in [6.45, 7) is 3.49. The molecule has 1 N–H and O–H groups in total. The maximum atomic E-state index is 12.6. The van der Waals surface area contributed by atoms with Gasteiger partial charge in [0.05, 0.1) is 17.7 Å². The molecular formula is C17H18ClNO4S. The number of methoxy groups -OCH3 is 1. The van der Waals surface area contributed by atoms with Gasteiger partial charge in [-0.2, -0.15) is 0 Å². The number of Topliss-reactive ketones (excluding diaryl/α,β-unsaturated/α-hetero) is 1. The standard InChI is InChI=1S/C17H18ClNO4S/c1-4-16(20)12-6-5-7-13(9-12)24(21,22)19-15-8-11(2)14(18)10-17(15)23-3/h5-10,19H,4H2,1-3H3. The minimum atomic E-state index is -3.87. The predicted molar refractivity (Wildman–Crippen MR) is 94.6 cm³/mol. The van der Waals surface area contributed by atoms with Gasteiger partial charge in [-0.15, -0.1) is 0 Å². The van der Waals surface area contributed by atoms with Crippen LogP contribution in [0.1, 0.15) is 29.3 Å². The maximum absolute atomic E-state index is 12.6. The molecule has 2 aromatic carbocycles. The number of carbonyl (C=O) groups excluding carboxylic acids is 1. The molecule has 0 aromatic heterocycles. The Morgan fingerprint density at radius 3 is 2.58 bits per heavy atom. The van der Waals surface area contributed by atoms with E-state index in [0.29, 0.717) is 28.3 Å². The summed E-state index contributed by atoms with van der Waals surface area (Å²) in [6.07, 6.45) is 0.307. The van der Waals surface area contributed by atoms with E-state index in [1.807, 2.05) is 0 Å². The number of ketones is 1. The lowest BCUT2D eigenvalue weighted by Crippen LogP contribution is -2.14. The molecule has 0 aliphatic rings. The third kappa shape index (κ3) is 3.88. The Morgan fingerprint density at radius 2 is 1.96 bits per heavy atom. The maximum Gasteiger partial charge on any atom is 0.262 e. The highest BCUT2D eigenvalue weighted by Crippen LogP contribution is 2.32. The van der Waals surface area contributed by atoms with E-state index in [9.17, 15) is 13.2 Å². The molecule has 7 heteroatoms. The average molecular weight is 368 g/mol. The van der Waals surface area contributed by atoms with Crippen molar-refractivity contribution in [3.05, 3.63) is 52.5 Å². The van der Waals surface area contributed by atoms with Crippen LogP contribution in [0, 0.1) is 6.92 Å². The second kappa shape index (κ2) is 7.23. The van der Waals surface area contributed by atoms with E-state index >= 15 is 0 Å². The molecule has 0 aliphatic carbocycles. The zero-order valence-electron chi connectivity index (χ0n) is 13.6. The van der Waals surface area contributed by atoms with E-state index in [1.54, 1.807) is 38.1 Å². The van der Waals surface area contributed by atoms with E-state index in [1.165, 1.54) is 19.2 Å². The molecule has 0 bridgehead atoms. The van der Waals surface area contributed by atoms with Crippen LogP contribution in [0.25, 0.3) is 0 Å². The molecule has 128 valence electrons. The first-order valence-corrected chi connectivity index (χ1v) is 9.14. The molecule has 0 radical (unpaired) electrons. The molecule has 5 nitrogen and oxygen atoms in total. The normalized spacial score (nSPS) is 11.2. The molecule has 0 unspecified atom stereocenters. The molecule has 0 saturated carbocycles. The number of carbonyl (C=O) groups is 1. The van der Waals surface area contributed by atoms with Crippen molar-refractivity contribution in [3.8, 4) is 5.75 Å². The molecule has 2 aromatic rings. The van der Waals surface area contributed by atoms with Crippen LogP contribution in [0.3, 0.4) is 0 Å². The highest BCUT2D eigenvalue weighted by Gasteiger charge is 2.19. The Balaban J connectivity index is 2.43. The topological polar surface area (TPSA) is 72.5 Å². The van der Waals surface area contributed by atoms with Gasteiger partial charge in [0.1, 0.15) is 5.75 Å².